The Balaban J connectivity index is 1.59. The van der Waals surface area contributed by atoms with Crippen molar-refractivity contribution in [1.29, 1.82) is 0 Å². The number of alkyl halides is 3. The number of nitrogens with two attached hydrogens (primary N) is 1. The van der Waals surface area contributed by atoms with Crippen LogP contribution < -0.4 is 16.0 Å². The lowest BCUT2D eigenvalue weighted by Crippen LogP contribution is -2.71. The average Bonchev–Trinajstić information content (AvgIpc) is 3.63. The minimum absolute atomic E-state index is 0.0707. The van der Waals surface area contributed by atoms with E-state index >= 15 is 0 Å². The van der Waals surface area contributed by atoms with Crippen molar-refractivity contribution < 1.29 is 27.6 Å². The number of β-lactam (4-membered cyclic amide) rings is 1. The van der Waals surface area contributed by atoms with Crippen LogP contribution in [-0.4, -0.2) is 58.0 Å². The van der Waals surface area contributed by atoms with E-state index in [1.54, 1.807) is 18.2 Å². The van der Waals surface area contributed by atoms with Crippen molar-refractivity contribution in [3.8, 4) is 0 Å². The zero-order valence-corrected chi connectivity index (χ0v) is 18.2. The van der Waals surface area contributed by atoms with Crippen molar-refractivity contribution in [1.82, 2.24) is 20.2 Å². The Kier molecular flexibility index (Phi) is 6.15. The van der Waals surface area contributed by atoms with Crippen LogP contribution in [0.5, 0.6) is 0 Å². The van der Waals surface area contributed by atoms with Gasteiger partial charge in [0.05, 0.1) is 5.92 Å². The molecule has 3 N–H and O–H groups in total. The lowest BCUT2D eigenvalue weighted by molar-refractivity contribution is -0.163. The number of urea groups is 1. The Morgan fingerprint density at radius 2 is 1.91 bits per heavy atom. The van der Waals surface area contributed by atoms with E-state index in [2.05, 4.69) is 9.97 Å². The summed E-state index contributed by atoms with van der Waals surface area (Å²) in [4.78, 5) is 48.7. The van der Waals surface area contributed by atoms with Crippen LogP contribution >= 0.6 is 0 Å². The molecule has 12 heteroatoms. The number of likely N-dealkylation sites (N-methyl/N-ethyl adjacent to an activating group) is 1. The molecular weight excluding hydrogens is 453 g/mol. The molecule has 0 spiro atoms. The van der Waals surface area contributed by atoms with Gasteiger partial charge in [0.1, 0.15) is 17.9 Å². The number of rotatable bonds is 6. The summed E-state index contributed by atoms with van der Waals surface area (Å²) in [5, 5.41) is 1.94. The van der Waals surface area contributed by atoms with Gasteiger partial charge in [0.2, 0.25) is 5.91 Å². The summed E-state index contributed by atoms with van der Waals surface area (Å²) in [7, 11) is 1.46. The first kappa shape index (κ1) is 23.5. The number of nitrogens with zero attached hydrogens (tertiary/aromatic N) is 4. The highest BCUT2D eigenvalue weighted by atomic mass is 19.4. The Morgan fingerprint density at radius 3 is 2.50 bits per heavy atom. The van der Waals surface area contributed by atoms with Crippen LogP contribution in [0.1, 0.15) is 18.4 Å². The maximum absolute atomic E-state index is 13.4. The molecule has 1 saturated heterocycles. The fraction of sp³-hybridized carbons (Fsp3) is 0.409. The third-order valence-electron chi connectivity index (χ3n) is 6.09. The normalized spacial score (nSPS) is 20.9. The van der Waals surface area contributed by atoms with Crippen molar-refractivity contribution in [2.45, 2.75) is 37.5 Å². The number of amides is 4. The molecule has 1 saturated carbocycles. The minimum atomic E-state index is -4.66. The summed E-state index contributed by atoms with van der Waals surface area (Å²) in [6.07, 6.45) is 0.455. The van der Waals surface area contributed by atoms with Gasteiger partial charge in [-0.1, -0.05) is 0 Å². The zero-order valence-electron chi connectivity index (χ0n) is 18.2. The number of hydrogen-bond donors (Lipinski definition) is 2. The predicted molar refractivity (Wildman–Crippen MR) is 115 cm³/mol. The maximum atomic E-state index is 13.4. The first-order valence-corrected chi connectivity index (χ1v) is 10.7. The van der Waals surface area contributed by atoms with E-state index in [4.69, 9.17) is 5.73 Å². The smallest absolute Gasteiger partial charge is 0.384 e. The van der Waals surface area contributed by atoms with E-state index in [1.165, 1.54) is 36.6 Å². The van der Waals surface area contributed by atoms with E-state index < -0.39 is 47.9 Å². The topological polar surface area (TPSA) is 122 Å². The van der Waals surface area contributed by atoms with Gasteiger partial charge < -0.3 is 16.0 Å². The summed E-state index contributed by atoms with van der Waals surface area (Å²) in [6, 6.07) is 1.70. The number of anilines is 2. The Morgan fingerprint density at radius 1 is 1.24 bits per heavy atom. The molecule has 34 heavy (non-hydrogen) atoms. The fourth-order valence-corrected chi connectivity index (χ4v) is 4.12. The molecule has 2 aliphatic rings. The number of aromatic nitrogens is 2. The van der Waals surface area contributed by atoms with Crippen LogP contribution in [0.3, 0.4) is 0 Å². The summed E-state index contributed by atoms with van der Waals surface area (Å²) >= 11 is 0. The molecule has 0 radical (unpaired) electrons. The highest BCUT2D eigenvalue weighted by Gasteiger charge is 2.57. The van der Waals surface area contributed by atoms with Gasteiger partial charge in [-0.25, -0.2) is 9.78 Å². The summed E-state index contributed by atoms with van der Waals surface area (Å²) in [5.41, 5.74) is 6.76. The molecule has 3 atom stereocenters. The number of nitrogen functional groups attached to an aromatic ring is 1. The van der Waals surface area contributed by atoms with Crippen molar-refractivity contribution in [3.63, 3.8) is 0 Å². The van der Waals surface area contributed by atoms with Crippen molar-refractivity contribution in [3.05, 3.63) is 48.4 Å². The molecule has 180 valence electrons. The third kappa shape index (κ3) is 4.66. The largest absolute Gasteiger partial charge is 0.408 e. The van der Waals surface area contributed by atoms with Gasteiger partial charge in [-0.15, -0.1) is 0 Å². The summed E-state index contributed by atoms with van der Waals surface area (Å²) in [6.45, 7) is 0. The van der Waals surface area contributed by atoms with Crippen LogP contribution in [0.25, 0.3) is 0 Å². The molecule has 2 aromatic rings. The second kappa shape index (κ2) is 8.92. The molecule has 4 rings (SSSR count). The second-order valence-corrected chi connectivity index (χ2v) is 8.46. The van der Waals surface area contributed by atoms with Crippen LogP contribution in [0.15, 0.2) is 42.9 Å². The van der Waals surface area contributed by atoms with Crippen LogP contribution in [0.4, 0.5) is 29.5 Å². The van der Waals surface area contributed by atoms with Gasteiger partial charge in [-0.2, -0.15) is 13.2 Å². The molecule has 2 fully saturated rings. The van der Waals surface area contributed by atoms with Crippen LogP contribution in [-0.2, 0) is 16.0 Å². The minimum Gasteiger partial charge on any atom is -0.384 e. The Bertz CT molecular complexity index is 1090. The molecule has 1 aliphatic carbocycles. The second-order valence-electron chi connectivity index (χ2n) is 8.46. The van der Waals surface area contributed by atoms with Gasteiger partial charge in [-0.05, 0) is 55.0 Å². The lowest BCUT2D eigenvalue weighted by atomic mass is 9.81. The van der Waals surface area contributed by atoms with Gasteiger partial charge in [-0.3, -0.25) is 19.5 Å². The molecule has 0 bridgehead atoms. The molecule has 1 aliphatic heterocycles. The third-order valence-corrected chi connectivity index (χ3v) is 6.09. The van der Waals surface area contributed by atoms with E-state index in [-0.39, 0.29) is 12.2 Å². The van der Waals surface area contributed by atoms with Crippen molar-refractivity contribution in [2.24, 2.45) is 11.8 Å². The summed E-state index contributed by atoms with van der Waals surface area (Å²) < 4.78 is 40.3. The van der Waals surface area contributed by atoms with Crippen LogP contribution in [0.2, 0.25) is 0 Å². The monoisotopic (exact) mass is 476 g/mol. The number of nitrogens with one attached hydrogen (secondary N) is 1. The van der Waals surface area contributed by atoms with E-state index in [9.17, 15) is 27.6 Å². The number of carbonyl (C=O) groups is 3. The molecule has 3 heterocycles. The summed E-state index contributed by atoms with van der Waals surface area (Å²) in [5.74, 6) is -2.80. The molecule has 2 unspecified atom stereocenters. The fourth-order valence-electron chi connectivity index (χ4n) is 4.12. The maximum Gasteiger partial charge on any atom is 0.408 e. The quantitative estimate of drug-likeness (QED) is 0.617. The Hall–Kier alpha value is -3.70. The first-order valence-electron chi connectivity index (χ1n) is 10.7. The molecule has 2 aromatic heterocycles. The van der Waals surface area contributed by atoms with Crippen molar-refractivity contribution in [2.75, 3.05) is 17.7 Å². The van der Waals surface area contributed by atoms with Gasteiger partial charge in [0.15, 0.2) is 0 Å². The zero-order chi connectivity index (χ0) is 24.6. The SMILES string of the molecule is CN(C(=O)C1[C@@H](Cc2ccnc(N)c2)C(=O)N1C(=O)NC(C1CC1)C(F)(F)F)c1ccncc1. The number of carbonyl (C=O) groups excluding carboxylic acids is 3. The van der Waals surface area contributed by atoms with Crippen molar-refractivity contribution >= 4 is 29.4 Å². The van der Waals surface area contributed by atoms with Crippen LogP contribution in [0, 0.1) is 11.8 Å². The Labute approximate surface area is 193 Å². The highest BCUT2D eigenvalue weighted by Crippen LogP contribution is 2.41. The van der Waals surface area contributed by atoms with E-state index in [1.807, 2.05) is 5.32 Å². The average molecular weight is 476 g/mol. The number of imide groups is 1. The van der Waals surface area contributed by atoms with Gasteiger partial charge in [0, 0.05) is 31.3 Å². The molecular formula is C22H23F3N6O3. The van der Waals surface area contributed by atoms with E-state index in [0.29, 0.717) is 29.0 Å². The number of likely N-dealkylation sites (tertiary alicyclic amines) is 1. The number of pyridine rings is 2. The first-order chi connectivity index (χ1) is 16.1. The lowest BCUT2D eigenvalue weighted by Gasteiger charge is -2.46. The number of halogens is 3. The number of hydrogen-bond acceptors (Lipinski definition) is 6. The molecule has 9 nitrogen and oxygen atoms in total. The van der Waals surface area contributed by atoms with Gasteiger partial charge in [0.25, 0.3) is 5.91 Å². The molecule has 0 aromatic carbocycles. The van der Waals surface area contributed by atoms with Gasteiger partial charge >= 0.3 is 12.2 Å². The molecule has 4 amide bonds. The predicted octanol–water partition coefficient (Wildman–Crippen LogP) is 2.14. The van der Waals surface area contributed by atoms with E-state index in [0.717, 1.165) is 0 Å². The highest BCUT2D eigenvalue weighted by molar-refractivity contribution is 6.12. The standard InChI is InChI=1S/C22H23F3N6O3/c1-30(14-5-7-27-8-6-14)20(33)17-15(10-12-4-9-28-16(26)11-12)19(32)31(17)21(34)29-18(13-2-3-13)22(23,24)25/h4-9,11,13,15,17-18H,2-3,10H2,1H3,(H2,26,28)(H,29,34)/t15-,17?,18?/m1/s1.